The zero-order valence-corrected chi connectivity index (χ0v) is 15.7. The number of thioether (sulfide) groups is 2. The van der Waals surface area contributed by atoms with E-state index < -0.39 is 0 Å². The van der Waals surface area contributed by atoms with Gasteiger partial charge in [-0.1, -0.05) is 65.6 Å². The average molecular weight is 386 g/mol. The van der Waals surface area contributed by atoms with Crippen molar-refractivity contribution in [1.82, 2.24) is 10.2 Å². The van der Waals surface area contributed by atoms with Gasteiger partial charge in [-0.15, -0.1) is 22.0 Å². The van der Waals surface area contributed by atoms with Crippen molar-refractivity contribution in [3.05, 3.63) is 65.7 Å². The summed E-state index contributed by atoms with van der Waals surface area (Å²) in [6.45, 7) is 0. The van der Waals surface area contributed by atoms with Gasteiger partial charge >= 0.3 is 0 Å². The van der Waals surface area contributed by atoms with Crippen molar-refractivity contribution in [3.63, 3.8) is 0 Å². The maximum atomic E-state index is 13.1. The molecule has 0 saturated heterocycles. The normalized spacial score (nSPS) is 16.5. The number of fused-ring (bicyclic) bond motifs is 1. The number of carbonyl (C=O) groups is 1. The van der Waals surface area contributed by atoms with Crippen LogP contribution in [-0.4, -0.2) is 27.6 Å². The van der Waals surface area contributed by atoms with Gasteiger partial charge in [0.05, 0.1) is 17.5 Å². The van der Waals surface area contributed by atoms with E-state index in [4.69, 9.17) is 0 Å². The smallest absolute Gasteiger partial charge is 0.238 e. The molecule has 1 amide bonds. The monoisotopic (exact) mass is 385 g/mol. The third-order valence-corrected chi connectivity index (χ3v) is 6.93. The topological polar surface area (TPSA) is 46.1 Å². The maximum absolute atomic E-state index is 13.1. The summed E-state index contributed by atoms with van der Waals surface area (Å²) in [6.07, 6.45) is 0. The van der Waals surface area contributed by atoms with E-state index in [1.807, 2.05) is 53.1 Å². The molecule has 0 bridgehead atoms. The van der Waals surface area contributed by atoms with Gasteiger partial charge in [-0.3, -0.25) is 4.79 Å². The zero-order chi connectivity index (χ0) is 17.1. The molecule has 0 spiro atoms. The summed E-state index contributed by atoms with van der Waals surface area (Å²) in [6, 6.07) is 18.4. The molecule has 4 nitrogen and oxygen atoms in total. The molecule has 2 heterocycles. The van der Waals surface area contributed by atoms with Crippen LogP contribution in [0.25, 0.3) is 0 Å². The molecule has 1 atom stereocenters. The first-order valence-corrected chi connectivity index (χ1v) is 10.7. The lowest BCUT2D eigenvalue weighted by molar-refractivity contribution is -0.116. The fourth-order valence-electron chi connectivity index (χ4n) is 2.84. The molecule has 7 heteroatoms. The Bertz CT molecular complexity index is 855. The van der Waals surface area contributed by atoms with Crippen LogP contribution in [0.3, 0.4) is 0 Å². The van der Waals surface area contributed by atoms with Crippen LogP contribution in [0, 0.1) is 0 Å². The van der Waals surface area contributed by atoms with Crippen molar-refractivity contribution in [2.24, 2.45) is 0 Å². The Hall–Kier alpha value is -1.83. The predicted molar refractivity (Wildman–Crippen MR) is 104 cm³/mol. The van der Waals surface area contributed by atoms with Crippen molar-refractivity contribution in [2.45, 2.75) is 15.3 Å². The molecule has 4 rings (SSSR count). The third kappa shape index (κ3) is 3.58. The molecular formula is C18H15N3OS3. The Morgan fingerprint density at radius 2 is 1.96 bits per heavy atom. The summed E-state index contributed by atoms with van der Waals surface area (Å²) in [5.74, 6) is 1.31. The summed E-state index contributed by atoms with van der Waals surface area (Å²) >= 11 is 4.72. The van der Waals surface area contributed by atoms with E-state index in [9.17, 15) is 4.79 Å². The average Bonchev–Trinajstić information content (AvgIpc) is 3.19. The van der Waals surface area contributed by atoms with Crippen molar-refractivity contribution in [3.8, 4) is 0 Å². The maximum Gasteiger partial charge on any atom is 0.238 e. The standard InChI is InChI=1S/C18H15N3OS3/c22-17(11-24-18-20-19-12-25-18)21-14-8-4-5-9-16(14)23-10-15(21)13-6-2-1-3-7-13/h1-9,12,15H,10-11H2/t15-/m0/s1. The number of rotatable bonds is 4. The van der Waals surface area contributed by atoms with Gasteiger partial charge in [0, 0.05) is 10.6 Å². The van der Waals surface area contributed by atoms with Crippen LogP contribution in [0.1, 0.15) is 11.6 Å². The molecule has 0 N–H and O–H groups in total. The van der Waals surface area contributed by atoms with Crippen molar-refractivity contribution in [1.29, 1.82) is 0 Å². The quantitative estimate of drug-likeness (QED) is 0.618. The highest BCUT2D eigenvalue weighted by molar-refractivity contribution is 8.01. The van der Waals surface area contributed by atoms with Crippen LogP contribution in [-0.2, 0) is 4.79 Å². The van der Waals surface area contributed by atoms with Crippen LogP contribution in [0.5, 0.6) is 0 Å². The van der Waals surface area contributed by atoms with Crippen LogP contribution in [0.2, 0.25) is 0 Å². The predicted octanol–water partition coefficient (Wildman–Crippen LogP) is 4.51. The second-order valence-corrected chi connectivity index (χ2v) is 8.58. The number of carbonyl (C=O) groups excluding carboxylic acids is 1. The molecule has 0 unspecified atom stereocenters. The van der Waals surface area contributed by atoms with E-state index in [0.717, 1.165) is 20.7 Å². The van der Waals surface area contributed by atoms with E-state index >= 15 is 0 Å². The van der Waals surface area contributed by atoms with E-state index in [1.165, 1.54) is 28.7 Å². The first kappa shape index (κ1) is 16.6. The number of hydrogen-bond acceptors (Lipinski definition) is 6. The van der Waals surface area contributed by atoms with Crippen LogP contribution >= 0.6 is 34.9 Å². The second-order valence-electron chi connectivity index (χ2n) is 5.46. The molecule has 126 valence electrons. The Balaban J connectivity index is 1.64. The minimum Gasteiger partial charge on any atom is -0.302 e. The number of aromatic nitrogens is 2. The van der Waals surface area contributed by atoms with Crippen LogP contribution in [0.4, 0.5) is 5.69 Å². The van der Waals surface area contributed by atoms with E-state index in [1.54, 1.807) is 5.51 Å². The number of para-hydroxylation sites is 1. The molecule has 1 aliphatic rings. The summed E-state index contributed by atoms with van der Waals surface area (Å²) in [7, 11) is 0. The second kappa shape index (κ2) is 7.59. The minimum absolute atomic E-state index is 0.0450. The first-order chi connectivity index (χ1) is 12.3. The molecular weight excluding hydrogens is 370 g/mol. The van der Waals surface area contributed by atoms with Gasteiger partial charge in [0.2, 0.25) is 5.91 Å². The Kier molecular flexibility index (Phi) is 5.05. The molecule has 2 aromatic carbocycles. The van der Waals surface area contributed by atoms with Crippen LogP contribution < -0.4 is 4.90 Å². The van der Waals surface area contributed by atoms with Crippen molar-refractivity contribution >= 4 is 46.5 Å². The highest BCUT2D eigenvalue weighted by Crippen LogP contribution is 2.43. The molecule has 25 heavy (non-hydrogen) atoms. The lowest BCUT2D eigenvalue weighted by atomic mass is 10.1. The van der Waals surface area contributed by atoms with Gasteiger partial charge in [0.15, 0.2) is 4.34 Å². The number of nitrogens with zero attached hydrogens (tertiary/aromatic N) is 3. The molecule has 0 aliphatic carbocycles. The molecule has 0 fully saturated rings. The molecule has 0 saturated carbocycles. The van der Waals surface area contributed by atoms with Crippen molar-refractivity contribution < 1.29 is 4.79 Å². The van der Waals surface area contributed by atoms with Gasteiger partial charge in [0.1, 0.15) is 5.51 Å². The number of hydrogen-bond donors (Lipinski definition) is 0. The lowest BCUT2D eigenvalue weighted by Gasteiger charge is -2.37. The number of benzene rings is 2. The van der Waals surface area contributed by atoms with E-state index in [2.05, 4.69) is 28.4 Å². The van der Waals surface area contributed by atoms with Gasteiger partial charge in [-0.2, -0.15) is 0 Å². The van der Waals surface area contributed by atoms with Gasteiger partial charge in [0.25, 0.3) is 0 Å². The highest BCUT2D eigenvalue weighted by Gasteiger charge is 2.32. The molecule has 1 aliphatic heterocycles. The number of amides is 1. The largest absolute Gasteiger partial charge is 0.302 e. The van der Waals surface area contributed by atoms with E-state index in [0.29, 0.717) is 5.75 Å². The summed E-state index contributed by atoms with van der Waals surface area (Å²) in [5.41, 5.74) is 3.85. The minimum atomic E-state index is 0.0450. The number of anilines is 1. The van der Waals surface area contributed by atoms with Gasteiger partial charge in [-0.25, -0.2) is 0 Å². The van der Waals surface area contributed by atoms with Gasteiger partial charge < -0.3 is 4.90 Å². The molecule has 1 aromatic heterocycles. The Morgan fingerprint density at radius 3 is 2.76 bits per heavy atom. The summed E-state index contributed by atoms with van der Waals surface area (Å²) in [4.78, 5) is 16.2. The Morgan fingerprint density at radius 1 is 1.16 bits per heavy atom. The zero-order valence-electron chi connectivity index (χ0n) is 13.2. The summed E-state index contributed by atoms with van der Waals surface area (Å²) in [5, 5.41) is 7.84. The van der Waals surface area contributed by atoms with Crippen LogP contribution in [0.15, 0.2) is 69.3 Å². The summed E-state index contributed by atoms with van der Waals surface area (Å²) < 4.78 is 0.823. The molecule has 0 radical (unpaired) electrons. The van der Waals surface area contributed by atoms with Crippen molar-refractivity contribution in [2.75, 3.05) is 16.4 Å². The fourth-order valence-corrected chi connectivity index (χ4v) is 5.35. The van der Waals surface area contributed by atoms with Gasteiger partial charge in [-0.05, 0) is 17.7 Å². The fraction of sp³-hybridized carbons (Fsp3) is 0.167. The lowest BCUT2D eigenvalue weighted by Crippen LogP contribution is -2.39. The third-order valence-electron chi connectivity index (χ3n) is 3.95. The van der Waals surface area contributed by atoms with E-state index in [-0.39, 0.29) is 11.9 Å². The first-order valence-electron chi connectivity index (χ1n) is 7.81. The molecule has 3 aromatic rings. The SMILES string of the molecule is O=C(CSc1nncs1)N1c2ccccc2SC[C@H]1c1ccccc1. The Labute approximate surface area is 158 Å². The highest BCUT2D eigenvalue weighted by atomic mass is 32.2.